The highest BCUT2D eigenvalue weighted by molar-refractivity contribution is 4.71. The molecule has 0 fully saturated rings. The van der Waals surface area contributed by atoms with Crippen molar-refractivity contribution in [2.24, 2.45) is 22.7 Å². The molecule has 0 aliphatic carbocycles. The second-order valence-corrected chi connectivity index (χ2v) is 8.32. The number of rotatable bonds is 2. The zero-order valence-corrected chi connectivity index (χ0v) is 13.6. The second kappa shape index (κ2) is 7.35. The molecule has 0 saturated carbocycles. The molecule has 0 heterocycles. The van der Waals surface area contributed by atoms with Gasteiger partial charge in [-0.05, 0) is 35.5 Å². The maximum Gasteiger partial charge on any atom is -0.0378 e. The van der Waals surface area contributed by atoms with Crippen LogP contribution in [0.5, 0.6) is 0 Å². The Hall–Kier alpha value is 0. The van der Waals surface area contributed by atoms with Gasteiger partial charge in [-0.25, -0.2) is 0 Å². The highest BCUT2D eigenvalue weighted by Gasteiger charge is 2.20. The summed E-state index contributed by atoms with van der Waals surface area (Å²) in [6.45, 7) is 22.8. The van der Waals surface area contributed by atoms with Crippen molar-refractivity contribution < 1.29 is 0 Å². The normalized spacial score (nSPS) is 12.8. The summed E-state index contributed by atoms with van der Waals surface area (Å²) in [4.78, 5) is 0. The smallest absolute Gasteiger partial charge is 0.0378 e. The first-order valence-corrected chi connectivity index (χ1v) is 6.83. The SMILES string of the molecule is CC(C)(C)CC(C)(C)C.CC(C)CC(C)C. The fraction of sp³-hybridized carbons (Fsp3) is 1.00. The molecule has 0 radical (unpaired) electrons. The lowest BCUT2D eigenvalue weighted by atomic mass is 9.78. The Labute approximate surface area is 105 Å². The fourth-order valence-corrected chi connectivity index (χ4v) is 2.53. The molecule has 0 atom stereocenters. The van der Waals surface area contributed by atoms with E-state index in [1.54, 1.807) is 0 Å². The number of hydrogen-bond donors (Lipinski definition) is 0. The molecule has 16 heavy (non-hydrogen) atoms. The van der Waals surface area contributed by atoms with Crippen LogP contribution in [0.15, 0.2) is 0 Å². The molecule has 0 rings (SSSR count). The van der Waals surface area contributed by atoms with Gasteiger partial charge in [0.05, 0.1) is 0 Å². The summed E-state index contributed by atoms with van der Waals surface area (Å²) in [5, 5.41) is 0. The summed E-state index contributed by atoms with van der Waals surface area (Å²) in [5.41, 5.74) is 0.969. The third-order valence-corrected chi connectivity index (χ3v) is 2.00. The van der Waals surface area contributed by atoms with Crippen molar-refractivity contribution in [1.82, 2.24) is 0 Å². The average Bonchev–Trinajstić information content (AvgIpc) is 1.72. The third-order valence-electron chi connectivity index (χ3n) is 2.00. The molecule has 0 spiro atoms. The van der Waals surface area contributed by atoms with Crippen LogP contribution in [0.3, 0.4) is 0 Å². The van der Waals surface area contributed by atoms with Crippen molar-refractivity contribution in [2.45, 2.75) is 82.1 Å². The van der Waals surface area contributed by atoms with Gasteiger partial charge in [-0.2, -0.15) is 0 Å². The largest absolute Gasteiger partial charge is 0.0628 e. The van der Waals surface area contributed by atoms with Crippen LogP contribution in [0.1, 0.15) is 82.1 Å². The molecule has 0 heteroatoms. The van der Waals surface area contributed by atoms with E-state index in [0.29, 0.717) is 10.8 Å². The molecule has 0 nitrogen and oxygen atoms in total. The predicted molar refractivity (Wildman–Crippen MR) is 77.8 cm³/mol. The molecule has 100 valence electrons. The van der Waals surface area contributed by atoms with Gasteiger partial charge in [0.1, 0.15) is 0 Å². The van der Waals surface area contributed by atoms with Crippen molar-refractivity contribution in [1.29, 1.82) is 0 Å². The van der Waals surface area contributed by atoms with E-state index in [-0.39, 0.29) is 0 Å². The Morgan fingerprint density at radius 2 is 0.875 bits per heavy atom. The van der Waals surface area contributed by atoms with E-state index in [0.717, 1.165) is 11.8 Å². The lowest BCUT2D eigenvalue weighted by Crippen LogP contribution is -2.16. The molecule has 0 aliphatic rings. The van der Waals surface area contributed by atoms with Crippen LogP contribution in [-0.2, 0) is 0 Å². The van der Waals surface area contributed by atoms with Crippen LogP contribution in [-0.4, -0.2) is 0 Å². The number of hydrogen-bond acceptors (Lipinski definition) is 0. The molecular weight excluding hydrogens is 192 g/mol. The van der Waals surface area contributed by atoms with Gasteiger partial charge in [-0.1, -0.05) is 69.2 Å². The van der Waals surface area contributed by atoms with Crippen LogP contribution in [0.2, 0.25) is 0 Å². The first-order chi connectivity index (χ1) is 6.83. The maximum atomic E-state index is 2.29. The van der Waals surface area contributed by atoms with Gasteiger partial charge in [-0.3, -0.25) is 0 Å². The zero-order chi connectivity index (χ0) is 13.6. The summed E-state index contributed by atoms with van der Waals surface area (Å²) in [5.74, 6) is 1.75. The van der Waals surface area contributed by atoms with Gasteiger partial charge in [0.2, 0.25) is 0 Å². The van der Waals surface area contributed by atoms with Crippen LogP contribution in [0, 0.1) is 22.7 Å². The van der Waals surface area contributed by atoms with E-state index in [1.807, 2.05) is 0 Å². The quantitative estimate of drug-likeness (QED) is 0.531. The predicted octanol–water partition coefficient (Wildman–Crippen LogP) is 6.16. The van der Waals surface area contributed by atoms with Gasteiger partial charge in [-0.15, -0.1) is 0 Å². The van der Waals surface area contributed by atoms with Crippen molar-refractivity contribution in [2.75, 3.05) is 0 Å². The van der Waals surface area contributed by atoms with Crippen molar-refractivity contribution >= 4 is 0 Å². The van der Waals surface area contributed by atoms with E-state index in [4.69, 9.17) is 0 Å². The van der Waals surface area contributed by atoms with E-state index < -0.39 is 0 Å². The summed E-state index contributed by atoms with van der Waals surface area (Å²) < 4.78 is 0. The van der Waals surface area contributed by atoms with Crippen molar-refractivity contribution in [3.63, 3.8) is 0 Å². The lowest BCUT2D eigenvalue weighted by molar-refractivity contribution is 0.233. The molecule has 0 aliphatic heterocycles. The summed E-state index contributed by atoms with van der Waals surface area (Å²) >= 11 is 0. The summed E-state index contributed by atoms with van der Waals surface area (Å²) in [6.07, 6.45) is 2.65. The van der Waals surface area contributed by atoms with Crippen molar-refractivity contribution in [3.05, 3.63) is 0 Å². The average molecular weight is 228 g/mol. The Bertz CT molecular complexity index is 132. The van der Waals surface area contributed by atoms with E-state index >= 15 is 0 Å². The molecule has 0 saturated heterocycles. The van der Waals surface area contributed by atoms with Crippen molar-refractivity contribution in [3.8, 4) is 0 Å². The molecule has 0 unspecified atom stereocenters. The monoisotopic (exact) mass is 228 g/mol. The minimum absolute atomic E-state index is 0.484. The highest BCUT2D eigenvalue weighted by Crippen LogP contribution is 2.31. The second-order valence-electron chi connectivity index (χ2n) is 8.32. The molecular formula is C16H36. The van der Waals surface area contributed by atoms with Gasteiger partial charge >= 0.3 is 0 Å². The van der Waals surface area contributed by atoms with Crippen LogP contribution in [0.4, 0.5) is 0 Å². The van der Waals surface area contributed by atoms with E-state index in [2.05, 4.69) is 69.2 Å². The Kier molecular flexibility index (Phi) is 8.44. The first-order valence-electron chi connectivity index (χ1n) is 6.83. The highest BCUT2D eigenvalue weighted by atomic mass is 14.3. The van der Waals surface area contributed by atoms with Crippen LogP contribution < -0.4 is 0 Å². The van der Waals surface area contributed by atoms with Gasteiger partial charge in [0.15, 0.2) is 0 Å². The lowest BCUT2D eigenvalue weighted by Gasteiger charge is -2.28. The maximum absolute atomic E-state index is 2.29. The molecule has 0 amide bonds. The van der Waals surface area contributed by atoms with Gasteiger partial charge in [0.25, 0.3) is 0 Å². The molecule has 0 N–H and O–H groups in total. The topological polar surface area (TPSA) is 0 Å². The zero-order valence-electron chi connectivity index (χ0n) is 13.6. The molecule has 0 aromatic rings. The fourth-order valence-electron chi connectivity index (χ4n) is 2.53. The molecule has 0 bridgehead atoms. The van der Waals surface area contributed by atoms with E-state index in [1.165, 1.54) is 12.8 Å². The van der Waals surface area contributed by atoms with Crippen LogP contribution >= 0.6 is 0 Å². The molecule has 0 aromatic carbocycles. The molecule has 0 aromatic heterocycles. The van der Waals surface area contributed by atoms with Crippen LogP contribution in [0.25, 0.3) is 0 Å². The Morgan fingerprint density at radius 3 is 0.875 bits per heavy atom. The summed E-state index contributed by atoms with van der Waals surface area (Å²) in [7, 11) is 0. The summed E-state index contributed by atoms with van der Waals surface area (Å²) in [6, 6.07) is 0. The standard InChI is InChI=1S/C9H20.C7H16/c1-8(2,3)7-9(4,5)6;1-6(2)5-7(3)4/h7H2,1-6H3;6-7H,5H2,1-4H3. The minimum Gasteiger partial charge on any atom is -0.0628 e. The Morgan fingerprint density at radius 1 is 0.625 bits per heavy atom. The Balaban J connectivity index is 0. The minimum atomic E-state index is 0.484. The third kappa shape index (κ3) is 23.7. The van der Waals surface area contributed by atoms with Gasteiger partial charge < -0.3 is 0 Å². The van der Waals surface area contributed by atoms with Gasteiger partial charge in [0, 0.05) is 0 Å². The van der Waals surface area contributed by atoms with E-state index in [9.17, 15) is 0 Å². The first kappa shape index (κ1) is 18.4.